The fourth-order valence-electron chi connectivity index (χ4n) is 4.16. The van der Waals surface area contributed by atoms with Crippen molar-refractivity contribution in [2.45, 2.75) is 26.1 Å². The maximum absolute atomic E-state index is 13.6. The van der Waals surface area contributed by atoms with Crippen molar-refractivity contribution in [1.82, 2.24) is 24.7 Å². The van der Waals surface area contributed by atoms with E-state index in [4.69, 9.17) is 17.3 Å². The lowest BCUT2D eigenvalue weighted by atomic mass is 10.1. The number of amides is 1. The molecule has 12 heteroatoms. The Bertz CT molecular complexity index is 1440. The van der Waals surface area contributed by atoms with Gasteiger partial charge < -0.3 is 15.6 Å². The normalized spacial score (nSPS) is 16.0. The topological polar surface area (TPSA) is 106 Å². The summed E-state index contributed by atoms with van der Waals surface area (Å²) in [7, 11) is 0. The Morgan fingerprint density at radius 1 is 1.20 bits per heavy atom. The number of pyridine rings is 1. The summed E-state index contributed by atoms with van der Waals surface area (Å²) in [4.78, 5) is 26.9. The number of nitrogens with zero attached hydrogens (tertiary/aromatic N) is 5. The minimum atomic E-state index is -4.59. The summed E-state index contributed by atoms with van der Waals surface area (Å²) in [5, 5.41) is 3.93. The number of hydrogen-bond donors (Lipinski definition) is 2. The Hall–Kier alpha value is -3.86. The molecular weight excluding hydrogens is 483 g/mol. The van der Waals surface area contributed by atoms with Crippen LogP contribution in [0.5, 0.6) is 0 Å². The van der Waals surface area contributed by atoms with E-state index in [1.165, 1.54) is 11.0 Å². The fourth-order valence-corrected chi connectivity index (χ4v) is 4.45. The Morgan fingerprint density at radius 2 is 1.97 bits per heavy atom. The third-order valence-corrected chi connectivity index (χ3v) is 6.19. The Kier molecular flexibility index (Phi) is 5.32. The van der Waals surface area contributed by atoms with Gasteiger partial charge in [0.05, 0.1) is 34.1 Å². The number of aromatic nitrogens is 5. The number of rotatable bonds is 3. The fraction of sp³-hybridized carbons (Fsp3) is 0.217. The molecule has 1 aromatic carbocycles. The first-order valence-electron chi connectivity index (χ1n) is 10.6. The van der Waals surface area contributed by atoms with E-state index in [1.807, 2.05) is 13.8 Å². The summed E-state index contributed by atoms with van der Waals surface area (Å²) in [6.45, 7) is 3.91. The molecule has 5 rings (SSSR count). The molecule has 1 amide bonds. The third kappa shape index (κ3) is 3.91. The van der Waals surface area contributed by atoms with Gasteiger partial charge in [-0.15, -0.1) is 0 Å². The molecule has 0 spiro atoms. The van der Waals surface area contributed by atoms with Crippen LogP contribution in [0, 0.1) is 6.92 Å². The SMILES string of the molecule is Cc1[nH]c(-c2ccc(N)nc2)nc1-c1cnn2c1C(=O)N(c1ccc(C(F)(F)F)c(Cl)c1)CC2C. The van der Waals surface area contributed by atoms with Gasteiger partial charge in [0, 0.05) is 29.7 Å². The number of nitrogen functional groups attached to an aromatic ring is 1. The molecule has 0 fully saturated rings. The van der Waals surface area contributed by atoms with Crippen LogP contribution in [0.2, 0.25) is 5.02 Å². The van der Waals surface area contributed by atoms with Gasteiger partial charge in [0.2, 0.25) is 0 Å². The van der Waals surface area contributed by atoms with E-state index in [9.17, 15) is 18.0 Å². The van der Waals surface area contributed by atoms with Gasteiger partial charge in [-0.05, 0) is 44.2 Å². The van der Waals surface area contributed by atoms with Crippen molar-refractivity contribution in [3.8, 4) is 22.6 Å². The maximum Gasteiger partial charge on any atom is 0.417 e. The average Bonchev–Trinajstić information content (AvgIpc) is 3.40. The highest BCUT2D eigenvalue weighted by atomic mass is 35.5. The van der Waals surface area contributed by atoms with Crippen LogP contribution in [0.1, 0.15) is 34.7 Å². The maximum atomic E-state index is 13.6. The molecule has 1 aliphatic heterocycles. The van der Waals surface area contributed by atoms with E-state index < -0.39 is 22.7 Å². The van der Waals surface area contributed by atoms with Gasteiger partial charge in [-0.1, -0.05) is 11.6 Å². The molecule has 8 nitrogen and oxygen atoms in total. The first kappa shape index (κ1) is 22.9. The molecule has 4 aromatic rings. The van der Waals surface area contributed by atoms with Crippen LogP contribution in [-0.4, -0.2) is 37.2 Å². The molecule has 0 aliphatic carbocycles. The van der Waals surface area contributed by atoms with Crippen molar-refractivity contribution in [3.63, 3.8) is 0 Å². The standard InChI is InChI=1S/C23H19ClF3N7O/c1-11-10-33(14-4-5-16(17(24)7-14)23(25,26)27)22(35)20-15(9-30-34(11)20)19-12(2)31-21(32-19)13-3-6-18(28)29-8-13/h3-9,11H,10H2,1-2H3,(H2,28,29)(H,31,32). The highest BCUT2D eigenvalue weighted by molar-refractivity contribution is 6.31. The molecule has 0 bridgehead atoms. The minimum Gasteiger partial charge on any atom is -0.384 e. The molecule has 1 unspecified atom stereocenters. The van der Waals surface area contributed by atoms with Gasteiger partial charge in [0.1, 0.15) is 17.3 Å². The summed E-state index contributed by atoms with van der Waals surface area (Å²) in [5.74, 6) is 0.517. The first-order chi connectivity index (χ1) is 16.5. The van der Waals surface area contributed by atoms with Crippen LogP contribution in [-0.2, 0) is 6.18 Å². The minimum absolute atomic E-state index is 0.219. The number of aromatic amines is 1. The van der Waals surface area contributed by atoms with Gasteiger partial charge in [-0.3, -0.25) is 9.48 Å². The second-order valence-corrected chi connectivity index (χ2v) is 8.72. The van der Waals surface area contributed by atoms with Gasteiger partial charge >= 0.3 is 6.18 Å². The zero-order valence-electron chi connectivity index (χ0n) is 18.6. The number of hydrogen-bond acceptors (Lipinski definition) is 5. The van der Waals surface area contributed by atoms with Crippen molar-refractivity contribution in [3.05, 3.63) is 64.7 Å². The molecular formula is C23H19ClF3N7O. The van der Waals surface area contributed by atoms with E-state index in [0.29, 0.717) is 28.6 Å². The van der Waals surface area contributed by atoms with Crippen LogP contribution >= 0.6 is 11.6 Å². The number of carbonyl (C=O) groups is 1. The van der Waals surface area contributed by atoms with Crippen LogP contribution in [0.4, 0.5) is 24.7 Å². The first-order valence-corrected chi connectivity index (χ1v) is 11.0. The summed E-state index contributed by atoms with van der Waals surface area (Å²) in [6, 6.07) is 6.49. The molecule has 0 saturated heterocycles. The van der Waals surface area contributed by atoms with E-state index in [2.05, 4.69) is 20.1 Å². The summed E-state index contributed by atoms with van der Waals surface area (Å²) >= 11 is 5.91. The van der Waals surface area contributed by atoms with E-state index in [-0.39, 0.29) is 24.0 Å². The van der Waals surface area contributed by atoms with E-state index in [1.54, 1.807) is 29.2 Å². The highest BCUT2D eigenvalue weighted by Gasteiger charge is 2.37. The quantitative estimate of drug-likeness (QED) is 0.405. The van der Waals surface area contributed by atoms with Crippen LogP contribution in [0.25, 0.3) is 22.6 Å². The average molecular weight is 502 g/mol. The van der Waals surface area contributed by atoms with Crippen LogP contribution in [0.15, 0.2) is 42.7 Å². The molecule has 180 valence electrons. The van der Waals surface area contributed by atoms with E-state index >= 15 is 0 Å². The molecule has 0 radical (unpaired) electrons. The lowest BCUT2D eigenvalue weighted by Gasteiger charge is -2.32. The molecule has 1 atom stereocenters. The number of aryl methyl sites for hydroxylation is 1. The number of carbonyl (C=O) groups excluding carboxylic acids is 1. The van der Waals surface area contributed by atoms with Gasteiger partial charge in [0.25, 0.3) is 5.91 Å². The number of nitrogens with two attached hydrogens (primary N) is 1. The largest absolute Gasteiger partial charge is 0.417 e. The second kappa shape index (κ2) is 8.12. The lowest BCUT2D eigenvalue weighted by Crippen LogP contribution is -2.42. The number of H-pyrrole nitrogens is 1. The zero-order chi connectivity index (χ0) is 25.1. The Labute approximate surface area is 202 Å². The smallest absolute Gasteiger partial charge is 0.384 e. The molecule has 0 saturated carbocycles. The number of nitrogens with one attached hydrogen (secondary N) is 1. The van der Waals surface area contributed by atoms with Crippen molar-refractivity contribution >= 4 is 29.0 Å². The van der Waals surface area contributed by atoms with Crippen molar-refractivity contribution in [1.29, 1.82) is 0 Å². The zero-order valence-corrected chi connectivity index (χ0v) is 19.3. The highest BCUT2D eigenvalue weighted by Crippen LogP contribution is 2.39. The Morgan fingerprint density at radius 3 is 2.63 bits per heavy atom. The number of anilines is 2. The molecule has 1 aliphatic rings. The number of alkyl halides is 3. The number of halogens is 4. The van der Waals surface area contributed by atoms with Crippen molar-refractivity contribution in [2.75, 3.05) is 17.2 Å². The van der Waals surface area contributed by atoms with Crippen LogP contribution in [0.3, 0.4) is 0 Å². The summed E-state index contributed by atoms with van der Waals surface area (Å²) in [6.07, 6.45) is -1.43. The predicted octanol–water partition coefficient (Wildman–Crippen LogP) is 5.12. The molecule has 4 heterocycles. The lowest BCUT2D eigenvalue weighted by molar-refractivity contribution is -0.137. The van der Waals surface area contributed by atoms with Crippen LogP contribution < -0.4 is 10.6 Å². The number of benzene rings is 1. The van der Waals surface area contributed by atoms with Crippen molar-refractivity contribution < 1.29 is 18.0 Å². The van der Waals surface area contributed by atoms with Gasteiger partial charge in [-0.2, -0.15) is 18.3 Å². The Balaban J connectivity index is 1.55. The van der Waals surface area contributed by atoms with Gasteiger partial charge in [-0.25, -0.2) is 9.97 Å². The second-order valence-electron chi connectivity index (χ2n) is 8.31. The van der Waals surface area contributed by atoms with Gasteiger partial charge in [0.15, 0.2) is 0 Å². The molecule has 3 aromatic heterocycles. The van der Waals surface area contributed by atoms with E-state index in [0.717, 1.165) is 17.7 Å². The number of fused-ring (bicyclic) bond motifs is 1. The monoisotopic (exact) mass is 501 g/mol. The summed E-state index contributed by atoms with van der Waals surface area (Å²) < 4.78 is 41.0. The molecule has 3 N–H and O–H groups in total. The number of imidazole rings is 1. The molecule has 35 heavy (non-hydrogen) atoms. The summed E-state index contributed by atoms with van der Waals surface area (Å²) in [5.41, 5.74) is 7.73. The van der Waals surface area contributed by atoms with Crippen molar-refractivity contribution in [2.24, 2.45) is 0 Å². The third-order valence-electron chi connectivity index (χ3n) is 5.88. The predicted molar refractivity (Wildman–Crippen MR) is 125 cm³/mol.